The Bertz CT molecular complexity index is 419. The van der Waals surface area contributed by atoms with Crippen LogP contribution in [0.5, 0.6) is 5.75 Å². The number of nitrogens with zero attached hydrogens (tertiary/aromatic N) is 1. The first-order chi connectivity index (χ1) is 9.63. The van der Waals surface area contributed by atoms with E-state index in [4.69, 9.17) is 10.5 Å². The van der Waals surface area contributed by atoms with Crippen LogP contribution in [-0.4, -0.2) is 30.1 Å². The van der Waals surface area contributed by atoms with Crippen LogP contribution in [0.15, 0.2) is 24.3 Å². The minimum atomic E-state index is 0.215. The van der Waals surface area contributed by atoms with Gasteiger partial charge < -0.3 is 10.5 Å². The van der Waals surface area contributed by atoms with Gasteiger partial charge in [0.25, 0.3) is 0 Å². The molecule has 0 radical (unpaired) electrons. The summed E-state index contributed by atoms with van der Waals surface area (Å²) in [4.78, 5) is 2.52. The molecule has 2 atom stereocenters. The van der Waals surface area contributed by atoms with Gasteiger partial charge in [0.05, 0.1) is 12.6 Å². The predicted molar refractivity (Wildman–Crippen MR) is 84.0 cm³/mol. The summed E-state index contributed by atoms with van der Waals surface area (Å²) in [6.07, 6.45) is 3.33. The maximum atomic E-state index is 6.41. The Morgan fingerprint density at radius 3 is 2.90 bits per heavy atom. The Labute approximate surface area is 123 Å². The molecule has 1 heterocycles. The molecule has 0 aliphatic carbocycles. The molecule has 0 bridgehead atoms. The Balaban J connectivity index is 2.22. The van der Waals surface area contributed by atoms with Gasteiger partial charge in [0, 0.05) is 12.1 Å². The van der Waals surface area contributed by atoms with Crippen molar-refractivity contribution in [1.29, 1.82) is 0 Å². The number of nitrogens with two attached hydrogens (primary N) is 1. The van der Waals surface area contributed by atoms with Crippen LogP contribution in [0.4, 0.5) is 0 Å². The van der Waals surface area contributed by atoms with E-state index in [2.05, 4.69) is 43.9 Å². The van der Waals surface area contributed by atoms with Crippen LogP contribution >= 0.6 is 0 Å². The Kier molecular flexibility index (Phi) is 5.44. The summed E-state index contributed by atoms with van der Waals surface area (Å²) in [6, 6.07) is 9.52. The standard InChI is InChI=1S/C17H28N2O/c1-4-11-20-15-8-5-7-14(12-15)17-16(18)9-6-10-19(17)13(2)3/h5,7-8,12-13,16-17H,4,6,9-11,18H2,1-3H3. The topological polar surface area (TPSA) is 38.5 Å². The molecular formula is C17H28N2O. The molecule has 2 N–H and O–H groups in total. The molecule has 2 unspecified atom stereocenters. The molecule has 1 aromatic rings. The van der Waals surface area contributed by atoms with Gasteiger partial charge in [-0.2, -0.15) is 0 Å². The highest BCUT2D eigenvalue weighted by molar-refractivity contribution is 5.32. The smallest absolute Gasteiger partial charge is 0.119 e. The van der Waals surface area contributed by atoms with E-state index in [-0.39, 0.29) is 6.04 Å². The van der Waals surface area contributed by atoms with Gasteiger partial charge in [-0.1, -0.05) is 19.1 Å². The van der Waals surface area contributed by atoms with Crippen molar-refractivity contribution >= 4 is 0 Å². The highest BCUT2D eigenvalue weighted by Gasteiger charge is 2.31. The van der Waals surface area contributed by atoms with Crippen LogP contribution in [0.3, 0.4) is 0 Å². The molecule has 0 saturated carbocycles. The number of ether oxygens (including phenoxy) is 1. The Hall–Kier alpha value is -1.06. The van der Waals surface area contributed by atoms with Gasteiger partial charge in [-0.05, 0) is 57.4 Å². The van der Waals surface area contributed by atoms with E-state index in [1.54, 1.807) is 0 Å². The summed E-state index contributed by atoms with van der Waals surface area (Å²) in [6.45, 7) is 8.54. The van der Waals surface area contributed by atoms with Crippen LogP contribution in [0.25, 0.3) is 0 Å². The highest BCUT2D eigenvalue weighted by Crippen LogP contribution is 2.33. The SMILES string of the molecule is CCCOc1cccc(C2C(N)CCCN2C(C)C)c1. The average molecular weight is 276 g/mol. The molecule has 1 fully saturated rings. The first-order valence-electron chi connectivity index (χ1n) is 7.87. The van der Waals surface area contributed by atoms with Crippen molar-refractivity contribution in [3.63, 3.8) is 0 Å². The Morgan fingerprint density at radius 2 is 2.20 bits per heavy atom. The molecule has 3 heteroatoms. The quantitative estimate of drug-likeness (QED) is 0.896. The summed E-state index contributed by atoms with van der Waals surface area (Å²) in [5.74, 6) is 0.964. The lowest BCUT2D eigenvalue weighted by Gasteiger charge is -2.42. The first-order valence-corrected chi connectivity index (χ1v) is 7.87. The van der Waals surface area contributed by atoms with Gasteiger partial charge in [-0.3, -0.25) is 4.90 Å². The fourth-order valence-corrected chi connectivity index (χ4v) is 3.08. The summed E-state index contributed by atoms with van der Waals surface area (Å²) in [5, 5.41) is 0. The maximum absolute atomic E-state index is 6.41. The largest absolute Gasteiger partial charge is 0.494 e. The second kappa shape index (κ2) is 7.09. The Morgan fingerprint density at radius 1 is 1.40 bits per heavy atom. The fourth-order valence-electron chi connectivity index (χ4n) is 3.08. The second-order valence-corrected chi connectivity index (χ2v) is 6.00. The van der Waals surface area contributed by atoms with Crippen LogP contribution in [-0.2, 0) is 0 Å². The van der Waals surface area contributed by atoms with Crippen molar-refractivity contribution in [3.05, 3.63) is 29.8 Å². The number of benzene rings is 1. The summed E-state index contributed by atoms with van der Waals surface area (Å²) in [7, 11) is 0. The number of hydrogen-bond acceptors (Lipinski definition) is 3. The number of likely N-dealkylation sites (tertiary alicyclic amines) is 1. The normalized spacial score (nSPS) is 24.1. The van der Waals surface area contributed by atoms with Gasteiger partial charge in [0.2, 0.25) is 0 Å². The van der Waals surface area contributed by atoms with E-state index < -0.39 is 0 Å². The van der Waals surface area contributed by atoms with Crippen molar-refractivity contribution in [1.82, 2.24) is 4.90 Å². The predicted octanol–water partition coefficient (Wildman–Crippen LogP) is 3.35. The molecule has 0 amide bonds. The number of piperidine rings is 1. The summed E-state index contributed by atoms with van der Waals surface area (Å²) in [5.41, 5.74) is 7.70. The maximum Gasteiger partial charge on any atom is 0.119 e. The number of rotatable bonds is 5. The van der Waals surface area contributed by atoms with E-state index in [1.165, 1.54) is 12.0 Å². The third-order valence-corrected chi connectivity index (χ3v) is 4.05. The lowest BCUT2D eigenvalue weighted by atomic mass is 9.90. The lowest BCUT2D eigenvalue weighted by molar-refractivity contribution is 0.0945. The van der Waals surface area contributed by atoms with Gasteiger partial charge >= 0.3 is 0 Å². The molecule has 1 aromatic carbocycles. The zero-order valence-electron chi connectivity index (χ0n) is 13.0. The van der Waals surface area contributed by atoms with E-state index in [9.17, 15) is 0 Å². The first kappa shape index (κ1) is 15.3. The molecule has 0 aromatic heterocycles. The molecule has 1 aliphatic rings. The highest BCUT2D eigenvalue weighted by atomic mass is 16.5. The molecule has 20 heavy (non-hydrogen) atoms. The van der Waals surface area contributed by atoms with Crippen molar-refractivity contribution in [2.45, 2.75) is 58.2 Å². The summed E-state index contributed by atoms with van der Waals surface area (Å²) < 4.78 is 5.76. The van der Waals surface area contributed by atoms with Gasteiger partial charge in [-0.15, -0.1) is 0 Å². The van der Waals surface area contributed by atoms with Gasteiger partial charge in [0.1, 0.15) is 5.75 Å². The van der Waals surface area contributed by atoms with E-state index >= 15 is 0 Å². The van der Waals surface area contributed by atoms with Gasteiger partial charge in [-0.25, -0.2) is 0 Å². The zero-order valence-corrected chi connectivity index (χ0v) is 13.0. The third-order valence-electron chi connectivity index (χ3n) is 4.05. The second-order valence-electron chi connectivity index (χ2n) is 6.00. The molecule has 1 aliphatic heterocycles. The minimum absolute atomic E-state index is 0.215. The van der Waals surface area contributed by atoms with Crippen LogP contribution in [0.1, 0.15) is 51.6 Å². The molecular weight excluding hydrogens is 248 g/mol. The van der Waals surface area contributed by atoms with Crippen molar-refractivity contribution in [2.24, 2.45) is 5.73 Å². The van der Waals surface area contributed by atoms with Crippen molar-refractivity contribution in [2.75, 3.05) is 13.2 Å². The minimum Gasteiger partial charge on any atom is -0.494 e. The summed E-state index contributed by atoms with van der Waals surface area (Å²) >= 11 is 0. The molecule has 1 saturated heterocycles. The van der Waals surface area contributed by atoms with Crippen molar-refractivity contribution < 1.29 is 4.74 Å². The van der Waals surface area contributed by atoms with Crippen LogP contribution in [0.2, 0.25) is 0 Å². The van der Waals surface area contributed by atoms with Crippen molar-refractivity contribution in [3.8, 4) is 5.75 Å². The zero-order chi connectivity index (χ0) is 14.5. The van der Waals surface area contributed by atoms with E-state index in [0.29, 0.717) is 12.1 Å². The van der Waals surface area contributed by atoms with Crippen LogP contribution < -0.4 is 10.5 Å². The van der Waals surface area contributed by atoms with Gasteiger partial charge in [0.15, 0.2) is 0 Å². The molecule has 0 spiro atoms. The average Bonchev–Trinajstić information content (AvgIpc) is 2.45. The van der Waals surface area contributed by atoms with E-state index in [0.717, 1.165) is 31.7 Å². The third kappa shape index (κ3) is 3.53. The number of hydrogen-bond donors (Lipinski definition) is 1. The fraction of sp³-hybridized carbons (Fsp3) is 0.647. The lowest BCUT2D eigenvalue weighted by Crippen LogP contribution is -2.48. The molecule has 112 valence electrons. The van der Waals surface area contributed by atoms with E-state index in [1.807, 2.05) is 6.07 Å². The monoisotopic (exact) mass is 276 g/mol. The molecule has 3 nitrogen and oxygen atoms in total. The molecule has 2 rings (SSSR count). The van der Waals surface area contributed by atoms with Crippen LogP contribution in [0, 0.1) is 0 Å².